The number of benzene rings is 2. The van der Waals surface area contributed by atoms with Crippen LogP contribution in [0.5, 0.6) is 0 Å². The van der Waals surface area contributed by atoms with Crippen molar-refractivity contribution in [1.29, 1.82) is 0 Å². The Balaban J connectivity index is 0.808. The molecule has 2 atom stereocenters. The van der Waals surface area contributed by atoms with E-state index in [1.807, 2.05) is 28.0 Å². The second-order valence-electron chi connectivity index (χ2n) is 17.2. The number of alkyl halides is 3. The maximum Gasteiger partial charge on any atom is 0.328 e. The molecule has 5 aromatic rings. The summed E-state index contributed by atoms with van der Waals surface area (Å²) in [4.78, 5) is 66.0. The number of imide groups is 1. The minimum absolute atomic E-state index is 0.0460. The van der Waals surface area contributed by atoms with Gasteiger partial charge in [0.05, 0.1) is 40.6 Å². The van der Waals surface area contributed by atoms with E-state index in [4.69, 9.17) is 16.7 Å². The number of halogens is 5. The molecular formula is C44H42ClF4N11O4. The molecule has 0 radical (unpaired) electrons. The SMILES string of the molecule is CNc1cc(N2CCc3c(-c4ncc(CN5CC6(CCN(C(=O)c7cc(C)c(Cl)c(N8CCC(=O)NC8=O)c7)CC6(F)F)C5)cc4F)cccc32)nn2c(C(=O)N[C@@H]3C[C@@H]3F)cnc12. The van der Waals surface area contributed by atoms with Gasteiger partial charge in [0.25, 0.3) is 17.7 Å². The van der Waals surface area contributed by atoms with Crippen molar-refractivity contribution in [3.8, 4) is 11.3 Å². The number of piperidine rings is 1. The minimum atomic E-state index is -3.22. The maximum absolute atomic E-state index is 16.0. The zero-order chi connectivity index (χ0) is 44.8. The van der Waals surface area contributed by atoms with Gasteiger partial charge in [-0.3, -0.25) is 34.5 Å². The van der Waals surface area contributed by atoms with Crippen molar-refractivity contribution < 1.29 is 36.7 Å². The van der Waals surface area contributed by atoms with Crippen LogP contribution in [0.4, 0.5) is 45.2 Å². The molecule has 0 unspecified atom stereocenters. The van der Waals surface area contributed by atoms with E-state index >= 15 is 13.2 Å². The second-order valence-corrected chi connectivity index (χ2v) is 17.6. The van der Waals surface area contributed by atoms with Crippen molar-refractivity contribution in [2.24, 2.45) is 5.41 Å². The van der Waals surface area contributed by atoms with Gasteiger partial charge in [-0.2, -0.15) is 0 Å². The second kappa shape index (κ2) is 15.4. The van der Waals surface area contributed by atoms with Crippen LogP contribution in [0.1, 0.15) is 56.8 Å². The topological polar surface area (TPSA) is 160 Å². The monoisotopic (exact) mass is 899 g/mol. The minimum Gasteiger partial charge on any atom is -0.385 e. The third-order valence-corrected chi connectivity index (χ3v) is 13.5. The Hall–Kier alpha value is -6.34. The summed E-state index contributed by atoms with van der Waals surface area (Å²) < 4.78 is 63.1. The summed E-state index contributed by atoms with van der Waals surface area (Å²) in [5.74, 6) is -4.77. The van der Waals surface area contributed by atoms with Gasteiger partial charge in [0, 0.05) is 88.2 Å². The Morgan fingerprint density at radius 2 is 1.77 bits per heavy atom. The fourth-order valence-corrected chi connectivity index (χ4v) is 9.66. The molecule has 1 spiro atoms. The number of nitrogens with one attached hydrogen (secondary N) is 3. The summed E-state index contributed by atoms with van der Waals surface area (Å²) in [5, 5.41) is 13.0. The highest BCUT2D eigenvalue weighted by Crippen LogP contribution is 2.51. The molecule has 4 fully saturated rings. The van der Waals surface area contributed by atoms with Crippen molar-refractivity contribution in [3.05, 3.63) is 93.6 Å². The molecule has 64 heavy (non-hydrogen) atoms. The molecule has 5 amide bonds. The van der Waals surface area contributed by atoms with Crippen molar-refractivity contribution in [2.45, 2.75) is 57.3 Å². The fourth-order valence-electron chi connectivity index (χ4n) is 9.45. The molecule has 1 aliphatic carbocycles. The number of fused-ring (bicyclic) bond motifs is 2. The Labute approximate surface area is 368 Å². The number of aromatic nitrogens is 4. The fraction of sp³-hybridized carbons (Fsp3) is 0.386. The Bertz CT molecular complexity index is 2800. The first-order chi connectivity index (χ1) is 30.6. The molecule has 15 nitrogen and oxygen atoms in total. The molecule has 332 valence electrons. The maximum atomic E-state index is 16.0. The summed E-state index contributed by atoms with van der Waals surface area (Å²) in [7, 11) is 1.73. The number of amides is 5. The number of hydrogen-bond donors (Lipinski definition) is 3. The zero-order valence-electron chi connectivity index (χ0n) is 34.7. The smallest absolute Gasteiger partial charge is 0.328 e. The summed E-state index contributed by atoms with van der Waals surface area (Å²) in [6, 6.07) is 10.4. The molecular weight excluding hydrogens is 858 g/mol. The lowest BCUT2D eigenvalue weighted by atomic mass is 9.69. The lowest BCUT2D eigenvalue weighted by Crippen LogP contribution is -2.70. The van der Waals surface area contributed by atoms with E-state index in [-0.39, 0.29) is 79.6 Å². The van der Waals surface area contributed by atoms with E-state index in [0.29, 0.717) is 46.8 Å². The molecule has 2 aromatic carbocycles. The van der Waals surface area contributed by atoms with Crippen LogP contribution in [0.3, 0.4) is 0 Å². The van der Waals surface area contributed by atoms with Crippen LogP contribution in [0, 0.1) is 18.2 Å². The number of carbonyl (C=O) groups is 4. The van der Waals surface area contributed by atoms with Gasteiger partial charge in [-0.25, -0.2) is 31.9 Å². The van der Waals surface area contributed by atoms with E-state index in [1.165, 1.54) is 33.8 Å². The summed E-state index contributed by atoms with van der Waals surface area (Å²) in [6.45, 7) is 1.84. The number of likely N-dealkylation sites (tertiary alicyclic amines) is 2. The standard InChI is InChI=1S/C44H42ClF4N11O4/c1-23-12-25(14-33(37(23)45)59-10-7-36(61)54-42(59)64)41(63)57-11-8-43(44(48,49)22-57)20-56(21-43)19-24-13-29(47)38(51-17-24)27-4-3-5-32-26(27)6-9-58(32)35-16-31(50-2)39-52-18-34(60(39)55-35)40(62)53-30-15-28(30)46/h3-5,12-14,16-18,28,30,50H,6-11,15,19-22H2,1-2H3,(H,53,62)(H,54,61,64)/t28-,30+/m0/s1. The highest BCUT2D eigenvalue weighted by Gasteiger charge is 2.63. The van der Waals surface area contributed by atoms with Gasteiger partial charge in [0.15, 0.2) is 17.2 Å². The number of rotatable bonds is 9. The van der Waals surface area contributed by atoms with Crippen molar-refractivity contribution in [3.63, 3.8) is 0 Å². The number of carbonyl (C=O) groups excluding carboxylic acids is 4. The average molecular weight is 900 g/mol. The quantitative estimate of drug-likeness (QED) is 0.152. The molecule has 5 aliphatic rings. The molecule has 3 saturated heterocycles. The Morgan fingerprint density at radius 3 is 2.48 bits per heavy atom. The van der Waals surface area contributed by atoms with Gasteiger partial charge in [-0.15, -0.1) is 5.10 Å². The first-order valence-electron chi connectivity index (χ1n) is 21.0. The van der Waals surface area contributed by atoms with Crippen LogP contribution in [0.2, 0.25) is 5.02 Å². The molecule has 3 N–H and O–H groups in total. The number of hydrogen-bond acceptors (Lipinski definition) is 10. The van der Waals surface area contributed by atoms with E-state index in [2.05, 4.69) is 25.9 Å². The summed E-state index contributed by atoms with van der Waals surface area (Å²) in [5.41, 5.74) is 3.60. The van der Waals surface area contributed by atoms with Gasteiger partial charge in [0.1, 0.15) is 17.7 Å². The Kier molecular flexibility index (Phi) is 10.0. The van der Waals surface area contributed by atoms with Gasteiger partial charge in [-0.05, 0) is 60.7 Å². The number of imidazole rings is 1. The van der Waals surface area contributed by atoms with Gasteiger partial charge in [-0.1, -0.05) is 23.7 Å². The first kappa shape index (κ1) is 41.7. The average Bonchev–Trinajstić information content (AvgIpc) is 3.57. The van der Waals surface area contributed by atoms with E-state index in [0.717, 1.165) is 16.2 Å². The molecule has 0 bridgehead atoms. The number of pyridine rings is 1. The van der Waals surface area contributed by atoms with Gasteiger partial charge in [0.2, 0.25) is 5.91 Å². The molecule has 3 aromatic heterocycles. The molecule has 4 aliphatic heterocycles. The van der Waals surface area contributed by atoms with E-state index in [9.17, 15) is 23.6 Å². The number of urea groups is 1. The molecule has 1 saturated carbocycles. The van der Waals surface area contributed by atoms with Crippen LogP contribution in [0.15, 0.2) is 54.9 Å². The molecule has 20 heteroatoms. The number of anilines is 4. The van der Waals surface area contributed by atoms with Crippen LogP contribution < -0.4 is 25.8 Å². The third-order valence-electron chi connectivity index (χ3n) is 13.0. The predicted molar refractivity (Wildman–Crippen MR) is 229 cm³/mol. The van der Waals surface area contributed by atoms with Crippen LogP contribution in [-0.4, -0.2) is 118 Å². The van der Waals surface area contributed by atoms with Gasteiger partial charge >= 0.3 is 6.03 Å². The summed E-state index contributed by atoms with van der Waals surface area (Å²) in [6.07, 6.45) is 2.83. The highest BCUT2D eigenvalue weighted by atomic mass is 35.5. The lowest BCUT2D eigenvalue weighted by Gasteiger charge is -2.57. The van der Waals surface area contributed by atoms with Crippen LogP contribution >= 0.6 is 11.6 Å². The summed E-state index contributed by atoms with van der Waals surface area (Å²) >= 11 is 6.50. The Morgan fingerprint density at radius 1 is 0.984 bits per heavy atom. The van der Waals surface area contributed by atoms with Gasteiger partial charge < -0.3 is 20.4 Å². The van der Waals surface area contributed by atoms with Crippen LogP contribution in [0.25, 0.3) is 16.9 Å². The normalized spacial score (nSPS) is 21.2. The number of nitrogens with zero attached hydrogens (tertiary/aromatic N) is 8. The largest absolute Gasteiger partial charge is 0.385 e. The van der Waals surface area contributed by atoms with E-state index < -0.39 is 59.7 Å². The molecule has 7 heterocycles. The third kappa shape index (κ3) is 7.04. The molecule has 10 rings (SSSR count). The highest BCUT2D eigenvalue weighted by molar-refractivity contribution is 6.35. The number of aryl methyl sites for hydroxylation is 1. The van der Waals surface area contributed by atoms with Crippen molar-refractivity contribution in [1.82, 2.24) is 40.0 Å². The van der Waals surface area contributed by atoms with Crippen molar-refractivity contribution in [2.75, 3.05) is 61.4 Å². The zero-order valence-corrected chi connectivity index (χ0v) is 35.5. The van der Waals surface area contributed by atoms with Crippen LogP contribution in [-0.2, 0) is 17.8 Å². The predicted octanol–water partition coefficient (Wildman–Crippen LogP) is 5.90. The first-order valence-corrected chi connectivity index (χ1v) is 21.4. The van der Waals surface area contributed by atoms with E-state index in [1.54, 1.807) is 26.2 Å². The lowest BCUT2D eigenvalue weighted by molar-refractivity contribution is -0.220. The van der Waals surface area contributed by atoms with Crippen molar-refractivity contribution >= 4 is 63.9 Å².